The second kappa shape index (κ2) is 5.75. The van der Waals surface area contributed by atoms with Crippen molar-refractivity contribution in [3.8, 4) is 0 Å². The number of anilines is 1. The molecule has 0 spiro atoms. The Labute approximate surface area is 119 Å². The van der Waals surface area contributed by atoms with Gasteiger partial charge in [-0.15, -0.1) is 5.10 Å². The molecule has 6 nitrogen and oxygen atoms in total. The van der Waals surface area contributed by atoms with Crippen LogP contribution in [0, 0.1) is 0 Å². The van der Waals surface area contributed by atoms with Crippen molar-refractivity contribution in [2.45, 2.75) is 45.1 Å². The summed E-state index contributed by atoms with van der Waals surface area (Å²) in [5, 5.41) is 20.4. The number of rotatable bonds is 1. The van der Waals surface area contributed by atoms with Gasteiger partial charge in [0.25, 0.3) is 0 Å². The van der Waals surface area contributed by atoms with E-state index < -0.39 is 6.10 Å². The van der Waals surface area contributed by atoms with E-state index in [-0.39, 0.29) is 11.4 Å². The third-order valence-corrected chi connectivity index (χ3v) is 3.35. The van der Waals surface area contributed by atoms with E-state index in [2.05, 4.69) is 36.3 Å². The average molecular weight is 278 g/mol. The fraction of sp³-hybridized carbons (Fsp3) is 0.643. The summed E-state index contributed by atoms with van der Waals surface area (Å²) in [5.74, 6) is 0.433. The van der Waals surface area contributed by atoms with Crippen LogP contribution in [-0.2, 0) is 5.41 Å². The van der Waals surface area contributed by atoms with Crippen LogP contribution < -0.4 is 5.32 Å². The number of carbonyl (C=O) groups is 1. The molecular formula is C14H22N4O2. The Kier molecular flexibility index (Phi) is 4.23. The highest BCUT2D eigenvalue weighted by Gasteiger charge is 2.22. The summed E-state index contributed by atoms with van der Waals surface area (Å²) >= 11 is 0. The number of carbonyl (C=O) groups excluding carboxylic acids is 1. The molecule has 2 amide bonds. The van der Waals surface area contributed by atoms with E-state index in [4.69, 9.17) is 0 Å². The number of nitrogens with one attached hydrogen (secondary N) is 1. The predicted molar refractivity (Wildman–Crippen MR) is 76.6 cm³/mol. The molecule has 1 aliphatic rings. The number of urea groups is 1. The van der Waals surface area contributed by atoms with Crippen LogP contribution in [-0.4, -0.2) is 45.4 Å². The van der Waals surface area contributed by atoms with E-state index in [1.54, 1.807) is 11.0 Å². The molecule has 1 aromatic heterocycles. The molecule has 1 saturated heterocycles. The van der Waals surface area contributed by atoms with Crippen LogP contribution >= 0.6 is 0 Å². The van der Waals surface area contributed by atoms with E-state index in [0.29, 0.717) is 18.9 Å². The van der Waals surface area contributed by atoms with Crippen molar-refractivity contribution in [3.63, 3.8) is 0 Å². The predicted octanol–water partition coefficient (Wildman–Crippen LogP) is 1.76. The van der Waals surface area contributed by atoms with Gasteiger partial charge in [0, 0.05) is 18.5 Å². The van der Waals surface area contributed by atoms with Crippen LogP contribution in [0.3, 0.4) is 0 Å². The lowest BCUT2D eigenvalue weighted by Gasteiger charge is -2.29. The van der Waals surface area contributed by atoms with Crippen molar-refractivity contribution < 1.29 is 9.90 Å². The minimum Gasteiger partial charge on any atom is -0.391 e. The van der Waals surface area contributed by atoms with E-state index in [1.165, 1.54) is 0 Å². The van der Waals surface area contributed by atoms with Crippen LogP contribution in [0.5, 0.6) is 0 Å². The first-order valence-electron chi connectivity index (χ1n) is 6.94. The maximum Gasteiger partial charge on any atom is 0.323 e. The fourth-order valence-electron chi connectivity index (χ4n) is 2.13. The topological polar surface area (TPSA) is 78.4 Å². The van der Waals surface area contributed by atoms with E-state index >= 15 is 0 Å². The zero-order valence-electron chi connectivity index (χ0n) is 12.3. The second-order valence-electron chi connectivity index (χ2n) is 6.23. The van der Waals surface area contributed by atoms with Gasteiger partial charge >= 0.3 is 6.03 Å². The van der Waals surface area contributed by atoms with Crippen LogP contribution in [0.15, 0.2) is 12.1 Å². The lowest BCUT2D eigenvalue weighted by Crippen LogP contribution is -2.44. The maximum absolute atomic E-state index is 12.0. The summed E-state index contributed by atoms with van der Waals surface area (Å²) in [5.41, 5.74) is 0.816. The molecule has 0 aromatic carbocycles. The van der Waals surface area contributed by atoms with Crippen molar-refractivity contribution in [2.75, 3.05) is 18.4 Å². The lowest BCUT2D eigenvalue weighted by atomic mass is 9.92. The van der Waals surface area contributed by atoms with Gasteiger partial charge in [-0.3, -0.25) is 5.32 Å². The molecule has 110 valence electrons. The summed E-state index contributed by atoms with van der Waals surface area (Å²) < 4.78 is 0. The number of aliphatic hydroxyl groups is 1. The number of hydrogen-bond donors (Lipinski definition) is 2. The van der Waals surface area contributed by atoms with Gasteiger partial charge in [0.1, 0.15) is 0 Å². The van der Waals surface area contributed by atoms with Crippen molar-refractivity contribution in [2.24, 2.45) is 0 Å². The highest BCUT2D eigenvalue weighted by Crippen LogP contribution is 2.19. The first-order chi connectivity index (χ1) is 9.36. The number of amides is 2. The number of aliphatic hydroxyl groups excluding tert-OH is 1. The molecule has 1 aliphatic heterocycles. The van der Waals surface area contributed by atoms with E-state index in [0.717, 1.165) is 18.5 Å². The molecule has 1 unspecified atom stereocenters. The molecule has 1 aromatic rings. The smallest absolute Gasteiger partial charge is 0.323 e. The van der Waals surface area contributed by atoms with Gasteiger partial charge in [-0.05, 0) is 25.0 Å². The summed E-state index contributed by atoms with van der Waals surface area (Å²) in [7, 11) is 0. The molecule has 20 heavy (non-hydrogen) atoms. The Bertz CT molecular complexity index is 467. The van der Waals surface area contributed by atoms with Crippen molar-refractivity contribution in [1.82, 2.24) is 15.1 Å². The highest BCUT2D eigenvalue weighted by atomic mass is 16.3. The Morgan fingerprint density at radius 1 is 1.40 bits per heavy atom. The molecular weight excluding hydrogens is 256 g/mol. The molecule has 0 radical (unpaired) electrons. The number of hydrogen-bond acceptors (Lipinski definition) is 4. The monoisotopic (exact) mass is 278 g/mol. The normalized spacial score (nSPS) is 19.8. The Balaban J connectivity index is 1.97. The van der Waals surface area contributed by atoms with Crippen molar-refractivity contribution in [3.05, 3.63) is 17.8 Å². The Morgan fingerprint density at radius 3 is 2.70 bits per heavy atom. The van der Waals surface area contributed by atoms with Gasteiger partial charge in [0.15, 0.2) is 5.82 Å². The number of nitrogens with zero attached hydrogens (tertiary/aromatic N) is 3. The van der Waals surface area contributed by atoms with Crippen molar-refractivity contribution in [1.29, 1.82) is 0 Å². The molecule has 2 rings (SSSR count). The molecule has 2 N–H and O–H groups in total. The summed E-state index contributed by atoms with van der Waals surface area (Å²) in [6.45, 7) is 7.22. The lowest BCUT2D eigenvalue weighted by molar-refractivity contribution is 0.0883. The second-order valence-corrected chi connectivity index (χ2v) is 6.23. The van der Waals surface area contributed by atoms with E-state index in [9.17, 15) is 9.90 Å². The summed E-state index contributed by atoms with van der Waals surface area (Å²) in [6, 6.07) is 3.39. The Morgan fingerprint density at radius 2 is 2.15 bits per heavy atom. The van der Waals surface area contributed by atoms with Crippen LogP contribution in [0.4, 0.5) is 10.6 Å². The maximum atomic E-state index is 12.0. The first kappa shape index (κ1) is 14.7. The first-order valence-corrected chi connectivity index (χ1v) is 6.94. The molecule has 0 saturated carbocycles. The van der Waals surface area contributed by atoms with Crippen LogP contribution in [0.25, 0.3) is 0 Å². The Hall–Kier alpha value is -1.69. The molecule has 1 fully saturated rings. The van der Waals surface area contributed by atoms with Gasteiger partial charge in [-0.1, -0.05) is 20.8 Å². The largest absolute Gasteiger partial charge is 0.391 e. The van der Waals surface area contributed by atoms with Crippen LogP contribution in [0.1, 0.15) is 39.3 Å². The summed E-state index contributed by atoms with van der Waals surface area (Å²) in [6.07, 6.45) is 1.15. The molecule has 1 atom stereocenters. The van der Waals surface area contributed by atoms with Crippen LogP contribution in [0.2, 0.25) is 0 Å². The van der Waals surface area contributed by atoms with E-state index in [1.807, 2.05) is 6.07 Å². The summed E-state index contributed by atoms with van der Waals surface area (Å²) in [4.78, 5) is 13.6. The quantitative estimate of drug-likeness (QED) is 0.820. The van der Waals surface area contributed by atoms with Gasteiger partial charge < -0.3 is 10.0 Å². The van der Waals surface area contributed by atoms with Crippen molar-refractivity contribution >= 4 is 11.8 Å². The van der Waals surface area contributed by atoms with Gasteiger partial charge in [-0.25, -0.2) is 4.79 Å². The molecule has 6 heteroatoms. The number of aromatic nitrogens is 2. The number of β-amino-alcohol motifs (C(OH)–C–C–N with tert-alkyl or cyclic N) is 1. The minimum absolute atomic E-state index is 0.0630. The zero-order chi connectivity index (χ0) is 14.8. The third-order valence-electron chi connectivity index (χ3n) is 3.35. The third kappa shape index (κ3) is 3.66. The fourth-order valence-corrected chi connectivity index (χ4v) is 2.13. The van der Waals surface area contributed by atoms with Gasteiger partial charge in [0.2, 0.25) is 0 Å². The molecule has 2 heterocycles. The highest BCUT2D eigenvalue weighted by molar-refractivity contribution is 5.88. The number of likely N-dealkylation sites (tertiary alicyclic amines) is 1. The standard InChI is InChI=1S/C14H22N4O2/c1-14(2,3)11-6-7-12(17-16-11)15-13(20)18-8-4-5-10(19)9-18/h6-7,10,19H,4-5,8-9H2,1-3H3,(H,15,17,20). The molecule has 0 bridgehead atoms. The SMILES string of the molecule is CC(C)(C)c1ccc(NC(=O)N2CCCC(O)C2)nn1. The average Bonchev–Trinajstić information content (AvgIpc) is 2.38. The van der Waals surface area contributed by atoms with Gasteiger partial charge in [-0.2, -0.15) is 5.10 Å². The van der Waals surface area contributed by atoms with Gasteiger partial charge in [0.05, 0.1) is 11.8 Å². The zero-order valence-corrected chi connectivity index (χ0v) is 12.3. The number of piperidine rings is 1. The minimum atomic E-state index is -0.427. The molecule has 0 aliphatic carbocycles.